The Kier molecular flexibility index (Phi) is 8.15. The second-order valence-corrected chi connectivity index (χ2v) is 9.85. The molecule has 0 aromatic heterocycles. The number of hydrogen-bond acceptors (Lipinski definition) is 7. The molecule has 4 rings (SSSR count). The molecule has 3 atom stereocenters. The number of phenols is 1. The number of phenolic OH excluding ortho intramolecular Hbond substituents is 1. The molecular formula is C24H29N3O6S. The predicted octanol–water partition coefficient (Wildman–Crippen LogP) is 2.60. The van der Waals surface area contributed by atoms with Gasteiger partial charge < -0.3 is 20.1 Å². The van der Waals surface area contributed by atoms with Gasteiger partial charge in [-0.05, 0) is 61.9 Å². The maximum atomic E-state index is 12.6. The van der Waals surface area contributed by atoms with Crippen molar-refractivity contribution < 1.29 is 27.6 Å². The molecular weight excluding hydrogens is 458 g/mol. The molecule has 0 bridgehead atoms. The highest BCUT2D eigenvalue weighted by Gasteiger charge is 2.37. The molecule has 1 amide bonds. The third kappa shape index (κ3) is 6.05. The molecule has 2 aromatic rings. The maximum Gasteiger partial charge on any atom is 0.294 e. The van der Waals surface area contributed by atoms with E-state index in [1.807, 2.05) is 19.1 Å². The topological polar surface area (TPSA) is 140 Å². The van der Waals surface area contributed by atoms with Gasteiger partial charge in [0.25, 0.3) is 10.1 Å². The first-order chi connectivity index (χ1) is 16.1. The van der Waals surface area contributed by atoms with Crippen LogP contribution >= 0.6 is 0 Å². The number of rotatable bonds is 4. The lowest BCUT2D eigenvalue weighted by Gasteiger charge is -2.23. The van der Waals surface area contributed by atoms with E-state index in [0.717, 1.165) is 24.0 Å². The summed E-state index contributed by atoms with van der Waals surface area (Å²) < 4.78 is 34.7. The van der Waals surface area contributed by atoms with Crippen molar-refractivity contribution in [2.45, 2.75) is 49.1 Å². The highest BCUT2D eigenvalue weighted by Crippen LogP contribution is 2.34. The Morgan fingerprint density at radius 1 is 1.24 bits per heavy atom. The zero-order valence-electron chi connectivity index (χ0n) is 19.1. The van der Waals surface area contributed by atoms with E-state index in [0.29, 0.717) is 25.3 Å². The van der Waals surface area contributed by atoms with Crippen molar-refractivity contribution in [3.63, 3.8) is 0 Å². The molecule has 0 spiro atoms. The summed E-state index contributed by atoms with van der Waals surface area (Å²) in [6, 6.07) is 13.0. The third-order valence-electron chi connectivity index (χ3n) is 6.11. The SMILES string of the molecule is COc1cc([C@@H]2CN[C@H](C(=O)N3CCC[C@H]3C#N)C2)ccc1O.Cc1ccc(S(=O)(=O)O)cc1. The molecule has 2 aliphatic rings. The number of aromatic hydroxyl groups is 1. The van der Waals surface area contributed by atoms with Crippen LogP contribution in [-0.4, -0.2) is 61.2 Å². The van der Waals surface area contributed by atoms with Crippen LogP contribution in [0.4, 0.5) is 0 Å². The van der Waals surface area contributed by atoms with Crippen LogP contribution in [0.2, 0.25) is 0 Å². The number of nitrogens with zero attached hydrogens (tertiary/aromatic N) is 2. The molecule has 182 valence electrons. The minimum Gasteiger partial charge on any atom is -0.504 e. The van der Waals surface area contributed by atoms with Crippen LogP contribution in [0.5, 0.6) is 11.5 Å². The summed E-state index contributed by atoms with van der Waals surface area (Å²) in [6.45, 7) is 3.22. The van der Waals surface area contributed by atoms with Crippen LogP contribution in [-0.2, 0) is 14.9 Å². The standard InChI is InChI=1S/C17H21N3O3.C7H8O3S/c1-23-16-8-11(4-5-15(16)21)12-7-14(19-10-12)17(22)20-6-2-3-13(20)9-18;1-6-2-4-7(5-3-6)11(8,9)10/h4-5,8,12-14,19,21H,2-3,6-7,10H2,1H3;2-5H,1H3,(H,8,9,10)/t12-,13-,14-;/m0./s1. The second-order valence-electron chi connectivity index (χ2n) is 8.43. The summed E-state index contributed by atoms with van der Waals surface area (Å²) in [5.41, 5.74) is 2.00. The first kappa shape index (κ1) is 25.5. The van der Waals surface area contributed by atoms with Crippen molar-refractivity contribution in [1.82, 2.24) is 10.2 Å². The number of hydrogen-bond donors (Lipinski definition) is 3. The first-order valence-electron chi connectivity index (χ1n) is 11.0. The van der Waals surface area contributed by atoms with E-state index in [2.05, 4.69) is 11.4 Å². The minimum atomic E-state index is -4.02. The quantitative estimate of drug-likeness (QED) is 0.559. The number of carbonyl (C=O) groups excluding carboxylic acids is 1. The van der Waals surface area contributed by atoms with Gasteiger partial charge in [-0.25, -0.2) is 0 Å². The normalized spacial score (nSPS) is 21.9. The number of aryl methyl sites for hydroxylation is 1. The zero-order valence-corrected chi connectivity index (χ0v) is 20.0. The molecule has 0 saturated carbocycles. The number of nitriles is 1. The van der Waals surface area contributed by atoms with Crippen LogP contribution < -0.4 is 10.1 Å². The Morgan fingerprint density at radius 3 is 2.56 bits per heavy atom. The van der Waals surface area contributed by atoms with Gasteiger partial charge in [0.1, 0.15) is 6.04 Å². The van der Waals surface area contributed by atoms with Gasteiger partial charge in [-0.2, -0.15) is 13.7 Å². The van der Waals surface area contributed by atoms with Crippen molar-refractivity contribution in [1.29, 1.82) is 5.26 Å². The summed E-state index contributed by atoms with van der Waals surface area (Å²) in [5.74, 6) is 0.786. The van der Waals surface area contributed by atoms with Gasteiger partial charge in [-0.3, -0.25) is 9.35 Å². The summed E-state index contributed by atoms with van der Waals surface area (Å²) in [5, 5.41) is 22.1. The van der Waals surface area contributed by atoms with Crippen molar-refractivity contribution in [3.05, 3.63) is 53.6 Å². The molecule has 9 nitrogen and oxygen atoms in total. The van der Waals surface area contributed by atoms with Gasteiger partial charge in [0.15, 0.2) is 11.5 Å². The monoisotopic (exact) mass is 487 g/mol. The second kappa shape index (κ2) is 10.9. The minimum absolute atomic E-state index is 0.0299. The summed E-state index contributed by atoms with van der Waals surface area (Å²) in [7, 11) is -2.50. The van der Waals surface area contributed by atoms with Gasteiger partial charge in [-0.1, -0.05) is 23.8 Å². The number of amides is 1. The fraction of sp³-hybridized carbons (Fsp3) is 0.417. The summed E-state index contributed by atoms with van der Waals surface area (Å²) in [4.78, 5) is 14.3. The Morgan fingerprint density at radius 2 is 1.94 bits per heavy atom. The van der Waals surface area contributed by atoms with E-state index in [9.17, 15) is 18.3 Å². The number of methoxy groups -OCH3 is 1. The Hall–Kier alpha value is -3.13. The molecule has 2 saturated heterocycles. The smallest absolute Gasteiger partial charge is 0.294 e. The van der Waals surface area contributed by atoms with E-state index in [1.165, 1.54) is 19.2 Å². The van der Waals surface area contributed by atoms with Crippen LogP contribution in [0, 0.1) is 18.3 Å². The summed E-state index contributed by atoms with van der Waals surface area (Å²) >= 11 is 0. The number of carbonyl (C=O) groups is 1. The van der Waals surface area contributed by atoms with E-state index in [1.54, 1.807) is 23.1 Å². The van der Waals surface area contributed by atoms with Crippen molar-refractivity contribution in [2.75, 3.05) is 20.2 Å². The summed E-state index contributed by atoms with van der Waals surface area (Å²) in [6.07, 6.45) is 2.37. The maximum absolute atomic E-state index is 12.6. The fourth-order valence-corrected chi connectivity index (χ4v) is 4.68. The zero-order chi connectivity index (χ0) is 24.9. The van der Waals surface area contributed by atoms with Crippen molar-refractivity contribution in [3.8, 4) is 17.6 Å². The average Bonchev–Trinajstić information content (AvgIpc) is 3.49. The van der Waals surface area contributed by atoms with Crippen molar-refractivity contribution in [2.24, 2.45) is 0 Å². The van der Waals surface area contributed by atoms with Gasteiger partial charge in [-0.15, -0.1) is 0 Å². The lowest BCUT2D eigenvalue weighted by Crippen LogP contribution is -2.45. The van der Waals surface area contributed by atoms with Gasteiger partial charge in [0, 0.05) is 13.1 Å². The Labute approximate surface area is 199 Å². The lowest BCUT2D eigenvalue weighted by atomic mass is 9.95. The fourth-order valence-electron chi connectivity index (χ4n) is 4.20. The molecule has 2 aromatic carbocycles. The van der Waals surface area contributed by atoms with Crippen LogP contribution in [0.15, 0.2) is 47.4 Å². The predicted molar refractivity (Wildman–Crippen MR) is 125 cm³/mol. The molecule has 0 aliphatic carbocycles. The molecule has 0 unspecified atom stereocenters. The van der Waals surface area contributed by atoms with E-state index in [4.69, 9.17) is 14.6 Å². The molecule has 34 heavy (non-hydrogen) atoms. The number of nitrogens with one attached hydrogen (secondary N) is 1. The highest BCUT2D eigenvalue weighted by atomic mass is 32.2. The van der Waals surface area contributed by atoms with Crippen LogP contribution in [0.1, 0.15) is 36.3 Å². The molecule has 3 N–H and O–H groups in total. The molecule has 2 fully saturated rings. The van der Waals surface area contributed by atoms with Gasteiger partial charge in [0.2, 0.25) is 5.91 Å². The van der Waals surface area contributed by atoms with Gasteiger partial charge in [0.05, 0.1) is 24.1 Å². The van der Waals surface area contributed by atoms with Crippen LogP contribution in [0.25, 0.3) is 0 Å². The lowest BCUT2D eigenvalue weighted by molar-refractivity contribution is -0.133. The van der Waals surface area contributed by atoms with Crippen molar-refractivity contribution >= 4 is 16.0 Å². The van der Waals surface area contributed by atoms with E-state index >= 15 is 0 Å². The molecule has 2 heterocycles. The van der Waals surface area contributed by atoms with Crippen LogP contribution in [0.3, 0.4) is 0 Å². The molecule has 10 heteroatoms. The van der Waals surface area contributed by atoms with Gasteiger partial charge >= 0.3 is 0 Å². The third-order valence-corrected chi connectivity index (χ3v) is 6.98. The molecule has 2 aliphatic heterocycles. The Bertz CT molecular complexity index is 1160. The largest absolute Gasteiger partial charge is 0.504 e. The van der Waals surface area contributed by atoms with E-state index in [-0.39, 0.29) is 34.6 Å². The first-order valence-corrected chi connectivity index (χ1v) is 12.4. The number of likely N-dealkylation sites (tertiary alicyclic amines) is 1. The molecule has 0 radical (unpaired) electrons. The Balaban J connectivity index is 0.000000248. The number of ether oxygens (including phenoxy) is 1. The number of benzene rings is 2. The van der Waals surface area contributed by atoms with E-state index < -0.39 is 10.1 Å². The average molecular weight is 488 g/mol. The highest BCUT2D eigenvalue weighted by molar-refractivity contribution is 7.85.